The molecule has 0 spiro atoms. The molecule has 90 valence electrons. The summed E-state index contributed by atoms with van der Waals surface area (Å²) in [7, 11) is 1.49. The number of carbonyl (C=O) groups excluding carboxylic acids is 1. The Morgan fingerprint density at radius 1 is 1.47 bits per heavy atom. The second-order valence-corrected chi connectivity index (χ2v) is 4.03. The number of aliphatic hydroxyl groups is 1. The van der Waals surface area contributed by atoms with E-state index in [0.717, 1.165) is 0 Å². The van der Waals surface area contributed by atoms with Crippen LogP contribution in [0.5, 0.6) is 0 Å². The first-order valence-electron chi connectivity index (χ1n) is 5.20. The fourth-order valence-electron chi connectivity index (χ4n) is 2.07. The molecule has 2 atom stereocenters. The second kappa shape index (κ2) is 4.14. The van der Waals surface area contributed by atoms with Crippen molar-refractivity contribution in [2.75, 3.05) is 7.05 Å². The zero-order valence-corrected chi connectivity index (χ0v) is 9.24. The van der Waals surface area contributed by atoms with Gasteiger partial charge in [0, 0.05) is 25.1 Å². The van der Waals surface area contributed by atoms with Crippen LogP contribution in [0.25, 0.3) is 0 Å². The first-order chi connectivity index (χ1) is 8.02. The molecule has 6 nitrogen and oxygen atoms in total. The van der Waals surface area contributed by atoms with E-state index in [9.17, 15) is 20.0 Å². The maximum Gasteiger partial charge on any atom is 0.273 e. The number of para-hydroxylation sites is 1. The minimum atomic E-state index is -0.868. The van der Waals surface area contributed by atoms with E-state index in [1.54, 1.807) is 18.2 Å². The van der Waals surface area contributed by atoms with Crippen LogP contribution in [-0.4, -0.2) is 34.1 Å². The number of nitro benzene ring substituents is 1. The minimum absolute atomic E-state index is 0.0756. The normalized spacial score (nSPS) is 24.1. The average molecular weight is 236 g/mol. The van der Waals surface area contributed by atoms with Crippen LogP contribution >= 0.6 is 0 Å². The molecular formula is C11H12N2O4. The van der Waals surface area contributed by atoms with E-state index in [0.29, 0.717) is 5.56 Å². The van der Waals surface area contributed by atoms with Gasteiger partial charge in [-0.3, -0.25) is 14.9 Å². The van der Waals surface area contributed by atoms with Gasteiger partial charge in [0.2, 0.25) is 5.91 Å². The van der Waals surface area contributed by atoms with Crippen LogP contribution in [0.1, 0.15) is 17.9 Å². The lowest BCUT2D eigenvalue weighted by Gasteiger charge is -2.12. The standard InChI is InChI=1S/C11H12N2O4/c1-12-10(14)6-8(11(12)15)7-4-2-3-5-9(7)13(16)17/h2-5,8,10,14H,6H2,1H3. The Morgan fingerprint density at radius 2 is 2.12 bits per heavy atom. The fraction of sp³-hybridized carbons (Fsp3) is 0.364. The van der Waals surface area contributed by atoms with Gasteiger partial charge >= 0.3 is 0 Å². The third-order valence-corrected chi connectivity index (χ3v) is 3.05. The quantitative estimate of drug-likeness (QED) is 0.609. The molecule has 1 heterocycles. The predicted molar refractivity (Wildman–Crippen MR) is 59.2 cm³/mol. The van der Waals surface area contributed by atoms with Crippen LogP contribution in [0.2, 0.25) is 0 Å². The van der Waals surface area contributed by atoms with E-state index in [2.05, 4.69) is 0 Å². The van der Waals surface area contributed by atoms with E-state index in [-0.39, 0.29) is 18.0 Å². The van der Waals surface area contributed by atoms with Crippen molar-refractivity contribution in [1.82, 2.24) is 4.90 Å². The molecule has 2 rings (SSSR count). The Balaban J connectivity index is 2.42. The Kier molecular flexibility index (Phi) is 2.81. The molecule has 2 unspecified atom stereocenters. The van der Waals surface area contributed by atoms with Gasteiger partial charge in [-0.15, -0.1) is 0 Å². The van der Waals surface area contributed by atoms with Crippen LogP contribution in [0.4, 0.5) is 5.69 Å². The molecule has 0 saturated carbocycles. The van der Waals surface area contributed by atoms with E-state index in [1.807, 2.05) is 0 Å². The Labute approximate surface area is 97.6 Å². The number of carbonyl (C=O) groups is 1. The van der Waals surface area contributed by atoms with Gasteiger partial charge in [-0.25, -0.2) is 0 Å². The average Bonchev–Trinajstić information content (AvgIpc) is 2.57. The van der Waals surface area contributed by atoms with Gasteiger partial charge in [0.15, 0.2) is 0 Å². The Morgan fingerprint density at radius 3 is 2.65 bits per heavy atom. The zero-order valence-electron chi connectivity index (χ0n) is 9.24. The lowest BCUT2D eigenvalue weighted by Crippen LogP contribution is -2.28. The molecule has 1 N–H and O–H groups in total. The predicted octanol–water partition coefficient (Wildman–Crippen LogP) is 0.859. The highest BCUT2D eigenvalue weighted by Crippen LogP contribution is 2.35. The van der Waals surface area contributed by atoms with Crippen molar-refractivity contribution in [3.63, 3.8) is 0 Å². The first kappa shape index (κ1) is 11.5. The smallest absolute Gasteiger partial charge is 0.273 e. The highest BCUT2D eigenvalue weighted by molar-refractivity contribution is 5.87. The van der Waals surface area contributed by atoms with Crippen molar-refractivity contribution < 1.29 is 14.8 Å². The topological polar surface area (TPSA) is 83.7 Å². The molecule has 1 fully saturated rings. The van der Waals surface area contributed by atoms with Crippen molar-refractivity contribution >= 4 is 11.6 Å². The number of hydrogen-bond donors (Lipinski definition) is 1. The van der Waals surface area contributed by atoms with Gasteiger partial charge in [0.1, 0.15) is 6.23 Å². The molecule has 1 saturated heterocycles. The van der Waals surface area contributed by atoms with Gasteiger partial charge in [0.25, 0.3) is 5.69 Å². The van der Waals surface area contributed by atoms with E-state index < -0.39 is 17.1 Å². The van der Waals surface area contributed by atoms with Crippen molar-refractivity contribution in [3.05, 3.63) is 39.9 Å². The Bertz CT molecular complexity index is 474. The molecule has 1 amide bonds. The van der Waals surface area contributed by atoms with E-state index in [4.69, 9.17) is 0 Å². The maximum atomic E-state index is 11.8. The summed E-state index contributed by atoms with van der Waals surface area (Å²) in [5.74, 6) is -0.914. The number of nitrogens with zero attached hydrogens (tertiary/aromatic N) is 2. The molecule has 0 aromatic heterocycles. The monoisotopic (exact) mass is 236 g/mol. The molecule has 17 heavy (non-hydrogen) atoms. The molecule has 0 aliphatic carbocycles. The highest BCUT2D eigenvalue weighted by atomic mass is 16.6. The zero-order chi connectivity index (χ0) is 12.6. The molecule has 1 aliphatic rings. The van der Waals surface area contributed by atoms with Crippen LogP contribution in [-0.2, 0) is 4.79 Å². The van der Waals surface area contributed by atoms with Gasteiger partial charge < -0.3 is 10.0 Å². The van der Waals surface area contributed by atoms with Gasteiger partial charge in [0.05, 0.1) is 10.8 Å². The summed E-state index contributed by atoms with van der Waals surface area (Å²) in [6.45, 7) is 0. The third-order valence-electron chi connectivity index (χ3n) is 3.05. The van der Waals surface area contributed by atoms with Crippen LogP contribution in [0.3, 0.4) is 0 Å². The molecule has 0 radical (unpaired) electrons. The summed E-state index contributed by atoms with van der Waals surface area (Å²) in [4.78, 5) is 23.4. The fourth-order valence-corrected chi connectivity index (χ4v) is 2.07. The number of benzene rings is 1. The van der Waals surface area contributed by atoms with E-state index >= 15 is 0 Å². The van der Waals surface area contributed by atoms with Gasteiger partial charge in [-0.05, 0) is 0 Å². The summed E-state index contributed by atoms with van der Waals surface area (Å²) >= 11 is 0. The lowest BCUT2D eigenvalue weighted by molar-refractivity contribution is -0.385. The number of aliphatic hydroxyl groups excluding tert-OH is 1. The highest BCUT2D eigenvalue weighted by Gasteiger charge is 2.39. The minimum Gasteiger partial charge on any atom is -0.373 e. The SMILES string of the molecule is CN1C(=O)C(c2ccccc2[N+](=O)[O-])CC1O. The summed E-state index contributed by atoms with van der Waals surface area (Å²) in [6, 6.07) is 6.14. The summed E-state index contributed by atoms with van der Waals surface area (Å²) in [6.07, 6.45) is -0.674. The van der Waals surface area contributed by atoms with Crippen molar-refractivity contribution in [2.45, 2.75) is 18.6 Å². The number of amides is 1. The van der Waals surface area contributed by atoms with Crippen molar-refractivity contribution in [2.24, 2.45) is 0 Å². The number of hydrogen-bond acceptors (Lipinski definition) is 4. The van der Waals surface area contributed by atoms with Crippen molar-refractivity contribution in [1.29, 1.82) is 0 Å². The van der Waals surface area contributed by atoms with Gasteiger partial charge in [-0.2, -0.15) is 0 Å². The van der Waals surface area contributed by atoms with Crippen LogP contribution < -0.4 is 0 Å². The molecular weight excluding hydrogens is 224 g/mol. The maximum absolute atomic E-state index is 11.8. The molecule has 1 aliphatic heterocycles. The van der Waals surface area contributed by atoms with Crippen LogP contribution in [0.15, 0.2) is 24.3 Å². The molecule has 6 heteroatoms. The number of nitro groups is 1. The summed E-state index contributed by atoms with van der Waals surface area (Å²) in [5.41, 5.74) is 0.291. The number of rotatable bonds is 2. The van der Waals surface area contributed by atoms with Gasteiger partial charge in [-0.1, -0.05) is 18.2 Å². The molecule has 0 bridgehead atoms. The third kappa shape index (κ3) is 1.87. The molecule has 1 aromatic rings. The summed E-state index contributed by atoms with van der Waals surface area (Å²) < 4.78 is 0. The number of likely N-dealkylation sites (tertiary alicyclic amines) is 1. The van der Waals surface area contributed by atoms with E-state index in [1.165, 1.54) is 18.0 Å². The van der Waals surface area contributed by atoms with Crippen LogP contribution in [0, 0.1) is 10.1 Å². The second-order valence-electron chi connectivity index (χ2n) is 4.03. The largest absolute Gasteiger partial charge is 0.373 e. The Hall–Kier alpha value is -1.95. The lowest BCUT2D eigenvalue weighted by atomic mass is 9.96. The summed E-state index contributed by atoms with van der Waals surface area (Å²) in [5, 5.41) is 20.4. The first-order valence-corrected chi connectivity index (χ1v) is 5.20. The number of likely N-dealkylation sites (N-methyl/N-ethyl adjacent to an activating group) is 1. The molecule has 1 aromatic carbocycles. The van der Waals surface area contributed by atoms with Crippen molar-refractivity contribution in [3.8, 4) is 0 Å².